The SMILES string of the molecule is Cc1nc(CCCN)sc1C. The number of thiazole rings is 1. The molecule has 62 valence electrons. The van der Waals surface area contributed by atoms with Crippen molar-refractivity contribution in [2.45, 2.75) is 26.7 Å². The minimum atomic E-state index is 0.762. The van der Waals surface area contributed by atoms with Crippen molar-refractivity contribution in [2.24, 2.45) is 5.73 Å². The molecule has 2 nitrogen and oxygen atoms in total. The number of hydrogen-bond donors (Lipinski definition) is 1. The Hall–Kier alpha value is -0.410. The summed E-state index contributed by atoms with van der Waals surface area (Å²) >= 11 is 1.79. The molecule has 0 fully saturated rings. The van der Waals surface area contributed by atoms with Crippen molar-refractivity contribution in [3.05, 3.63) is 15.6 Å². The lowest BCUT2D eigenvalue weighted by atomic mass is 10.3. The molecule has 0 unspecified atom stereocenters. The molecule has 0 bridgehead atoms. The second kappa shape index (κ2) is 3.83. The number of nitrogens with zero attached hydrogens (tertiary/aromatic N) is 1. The third-order valence-electron chi connectivity index (χ3n) is 1.67. The smallest absolute Gasteiger partial charge is 0.0931 e. The van der Waals surface area contributed by atoms with Gasteiger partial charge in [0.1, 0.15) is 0 Å². The fraction of sp³-hybridized carbons (Fsp3) is 0.625. The monoisotopic (exact) mass is 170 g/mol. The van der Waals surface area contributed by atoms with Gasteiger partial charge in [-0.05, 0) is 26.8 Å². The zero-order valence-electron chi connectivity index (χ0n) is 7.05. The molecule has 0 atom stereocenters. The molecule has 11 heavy (non-hydrogen) atoms. The number of aryl methyl sites for hydroxylation is 3. The molecule has 2 N–H and O–H groups in total. The van der Waals surface area contributed by atoms with Crippen molar-refractivity contribution >= 4 is 11.3 Å². The van der Waals surface area contributed by atoms with Gasteiger partial charge in [-0.25, -0.2) is 4.98 Å². The van der Waals surface area contributed by atoms with Crippen molar-refractivity contribution < 1.29 is 0 Å². The van der Waals surface area contributed by atoms with Gasteiger partial charge in [-0.2, -0.15) is 0 Å². The van der Waals surface area contributed by atoms with Crippen LogP contribution in [0.3, 0.4) is 0 Å². The summed E-state index contributed by atoms with van der Waals surface area (Å²) in [5, 5.41) is 1.23. The van der Waals surface area contributed by atoms with E-state index in [-0.39, 0.29) is 0 Å². The molecule has 0 aromatic carbocycles. The van der Waals surface area contributed by atoms with Crippen LogP contribution < -0.4 is 5.73 Å². The van der Waals surface area contributed by atoms with Gasteiger partial charge < -0.3 is 5.73 Å². The van der Waals surface area contributed by atoms with Gasteiger partial charge in [0, 0.05) is 11.3 Å². The summed E-state index contributed by atoms with van der Waals surface area (Å²) in [6.07, 6.45) is 2.09. The lowest BCUT2D eigenvalue weighted by Crippen LogP contribution is -1.99. The third-order valence-corrected chi connectivity index (χ3v) is 2.80. The van der Waals surface area contributed by atoms with E-state index >= 15 is 0 Å². The van der Waals surface area contributed by atoms with Crippen molar-refractivity contribution in [3.8, 4) is 0 Å². The van der Waals surface area contributed by atoms with Crippen LogP contribution in [0.15, 0.2) is 0 Å². The highest BCUT2D eigenvalue weighted by Gasteiger charge is 2.01. The molecule has 0 aliphatic rings. The summed E-state index contributed by atoms with van der Waals surface area (Å²) in [7, 11) is 0. The minimum Gasteiger partial charge on any atom is -0.330 e. The Morgan fingerprint density at radius 3 is 2.64 bits per heavy atom. The second-order valence-electron chi connectivity index (χ2n) is 2.64. The Bertz CT molecular complexity index is 210. The minimum absolute atomic E-state index is 0.762. The second-order valence-corrected chi connectivity index (χ2v) is 3.93. The van der Waals surface area contributed by atoms with Gasteiger partial charge in [0.15, 0.2) is 0 Å². The van der Waals surface area contributed by atoms with Gasteiger partial charge in [0.2, 0.25) is 0 Å². The van der Waals surface area contributed by atoms with Crippen LogP contribution in [0.1, 0.15) is 22.0 Å². The molecule has 1 rings (SSSR count). The van der Waals surface area contributed by atoms with Crippen molar-refractivity contribution in [1.82, 2.24) is 4.98 Å². The molecule has 0 aliphatic carbocycles. The van der Waals surface area contributed by atoms with E-state index in [1.165, 1.54) is 15.6 Å². The van der Waals surface area contributed by atoms with E-state index in [1.807, 2.05) is 0 Å². The van der Waals surface area contributed by atoms with Crippen molar-refractivity contribution in [2.75, 3.05) is 6.54 Å². The van der Waals surface area contributed by atoms with Crippen LogP contribution >= 0.6 is 11.3 Å². The maximum Gasteiger partial charge on any atom is 0.0931 e. The molecule has 0 amide bonds. The molecule has 1 heterocycles. The highest BCUT2D eigenvalue weighted by atomic mass is 32.1. The molecule has 3 heteroatoms. The Morgan fingerprint density at radius 2 is 2.18 bits per heavy atom. The molecule has 0 spiro atoms. The Kier molecular flexibility index (Phi) is 3.02. The van der Waals surface area contributed by atoms with E-state index in [4.69, 9.17) is 5.73 Å². The molecular formula is C8H14N2S. The molecular weight excluding hydrogens is 156 g/mol. The van der Waals surface area contributed by atoms with E-state index in [1.54, 1.807) is 11.3 Å². The van der Waals surface area contributed by atoms with Gasteiger partial charge in [0.05, 0.1) is 10.7 Å². The lowest BCUT2D eigenvalue weighted by molar-refractivity contribution is 0.823. The first kappa shape index (κ1) is 8.68. The first-order chi connectivity index (χ1) is 5.24. The van der Waals surface area contributed by atoms with Gasteiger partial charge in [-0.1, -0.05) is 0 Å². The van der Waals surface area contributed by atoms with Gasteiger partial charge in [-0.15, -0.1) is 11.3 Å². The number of aromatic nitrogens is 1. The van der Waals surface area contributed by atoms with Gasteiger partial charge >= 0.3 is 0 Å². The van der Waals surface area contributed by atoms with Crippen LogP contribution in [0.25, 0.3) is 0 Å². The van der Waals surface area contributed by atoms with Crippen molar-refractivity contribution in [3.63, 3.8) is 0 Å². The predicted octanol–water partition coefficient (Wildman–Crippen LogP) is 1.65. The average Bonchev–Trinajstić information content (AvgIpc) is 2.28. The standard InChI is InChI=1S/C8H14N2S/c1-6-7(2)11-8(10-6)4-3-5-9/h3-5,9H2,1-2H3. The first-order valence-electron chi connectivity index (χ1n) is 3.87. The van der Waals surface area contributed by atoms with Crippen LogP contribution in [0.4, 0.5) is 0 Å². The van der Waals surface area contributed by atoms with Crippen LogP contribution in [0.2, 0.25) is 0 Å². The fourth-order valence-electron chi connectivity index (χ4n) is 0.899. The Labute approximate surface area is 71.5 Å². The highest BCUT2D eigenvalue weighted by molar-refractivity contribution is 7.11. The Morgan fingerprint density at radius 1 is 1.45 bits per heavy atom. The van der Waals surface area contributed by atoms with Crippen LogP contribution in [-0.2, 0) is 6.42 Å². The van der Waals surface area contributed by atoms with E-state index in [0.29, 0.717) is 0 Å². The summed E-state index contributed by atoms with van der Waals surface area (Å²) in [6.45, 7) is 4.93. The van der Waals surface area contributed by atoms with Crippen LogP contribution in [-0.4, -0.2) is 11.5 Å². The number of hydrogen-bond acceptors (Lipinski definition) is 3. The van der Waals surface area contributed by atoms with E-state index in [2.05, 4.69) is 18.8 Å². The van der Waals surface area contributed by atoms with E-state index in [0.717, 1.165) is 19.4 Å². The van der Waals surface area contributed by atoms with E-state index in [9.17, 15) is 0 Å². The van der Waals surface area contributed by atoms with E-state index < -0.39 is 0 Å². The lowest BCUT2D eigenvalue weighted by Gasteiger charge is -1.90. The summed E-state index contributed by atoms with van der Waals surface area (Å²) in [5.41, 5.74) is 6.57. The molecule has 0 radical (unpaired) electrons. The highest BCUT2D eigenvalue weighted by Crippen LogP contribution is 2.17. The molecule has 0 saturated heterocycles. The molecule has 1 aromatic heterocycles. The quantitative estimate of drug-likeness (QED) is 0.749. The van der Waals surface area contributed by atoms with Crippen molar-refractivity contribution in [1.29, 1.82) is 0 Å². The summed E-state index contributed by atoms with van der Waals surface area (Å²) in [5.74, 6) is 0. The number of rotatable bonds is 3. The third kappa shape index (κ3) is 2.27. The Balaban J connectivity index is 2.58. The van der Waals surface area contributed by atoms with Crippen LogP contribution in [0.5, 0.6) is 0 Å². The maximum atomic E-state index is 5.40. The predicted molar refractivity (Wildman–Crippen MR) is 49.0 cm³/mol. The van der Waals surface area contributed by atoms with Gasteiger partial charge in [-0.3, -0.25) is 0 Å². The largest absolute Gasteiger partial charge is 0.330 e. The molecule has 0 aliphatic heterocycles. The summed E-state index contributed by atoms with van der Waals surface area (Å²) < 4.78 is 0. The van der Waals surface area contributed by atoms with Gasteiger partial charge in [0.25, 0.3) is 0 Å². The topological polar surface area (TPSA) is 38.9 Å². The molecule has 1 aromatic rings. The average molecular weight is 170 g/mol. The zero-order chi connectivity index (χ0) is 8.27. The zero-order valence-corrected chi connectivity index (χ0v) is 7.87. The normalized spacial score (nSPS) is 10.5. The summed E-state index contributed by atoms with van der Waals surface area (Å²) in [4.78, 5) is 5.74. The maximum absolute atomic E-state index is 5.40. The fourth-order valence-corrected chi connectivity index (χ4v) is 1.88. The summed E-state index contributed by atoms with van der Waals surface area (Å²) in [6, 6.07) is 0. The first-order valence-corrected chi connectivity index (χ1v) is 4.68. The van der Waals surface area contributed by atoms with Crippen LogP contribution in [0, 0.1) is 13.8 Å². The number of nitrogens with two attached hydrogens (primary N) is 1. The molecule has 0 saturated carbocycles.